The van der Waals surface area contributed by atoms with Gasteiger partial charge in [0.25, 0.3) is 0 Å². The van der Waals surface area contributed by atoms with E-state index in [1.165, 1.54) is 35.7 Å². The van der Waals surface area contributed by atoms with E-state index >= 15 is 0 Å². The summed E-state index contributed by atoms with van der Waals surface area (Å²) >= 11 is 5.41. The van der Waals surface area contributed by atoms with E-state index in [2.05, 4.69) is 39.1 Å². The monoisotopic (exact) mass is 273 g/mol. The quantitative estimate of drug-likeness (QED) is 0.879. The zero-order valence-electron chi connectivity index (χ0n) is 8.42. The molecular weight excluding hydrogens is 258 g/mol. The third-order valence-corrected chi connectivity index (χ3v) is 4.91. The summed E-state index contributed by atoms with van der Waals surface area (Å²) in [7, 11) is 2.08. The van der Waals surface area contributed by atoms with Gasteiger partial charge in [-0.25, -0.2) is 0 Å². The van der Waals surface area contributed by atoms with E-state index in [-0.39, 0.29) is 0 Å². The molecule has 1 N–H and O–H groups in total. The van der Waals surface area contributed by atoms with Crippen LogP contribution in [0.4, 0.5) is 0 Å². The normalized spacial score (nSPS) is 20.1. The van der Waals surface area contributed by atoms with E-state index in [9.17, 15) is 0 Å². The largest absolute Gasteiger partial charge is 0.313 e. The molecule has 1 fully saturated rings. The Morgan fingerprint density at radius 3 is 2.64 bits per heavy atom. The molecule has 1 aliphatic carbocycles. The van der Waals surface area contributed by atoms with Crippen LogP contribution in [0.1, 0.15) is 37.3 Å². The molecule has 1 aliphatic rings. The van der Waals surface area contributed by atoms with Gasteiger partial charge in [0.15, 0.2) is 0 Å². The smallest absolute Gasteiger partial charge is 0.0365 e. The maximum absolute atomic E-state index is 3.63. The van der Waals surface area contributed by atoms with Crippen LogP contribution in [0.5, 0.6) is 0 Å². The topological polar surface area (TPSA) is 12.0 Å². The number of hydrogen-bond acceptors (Lipinski definition) is 2. The van der Waals surface area contributed by atoms with Gasteiger partial charge in [-0.2, -0.15) is 11.3 Å². The molecule has 0 bridgehead atoms. The maximum Gasteiger partial charge on any atom is 0.0365 e. The highest BCUT2D eigenvalue weighted by Crippen LogP contribution is 2.39. The minimum Gasteiger partial charge on any atom is -0.313 e. The van der Waals surface area contributed by atoms with Gasteiger partial charge in [0.05, 0.1) is 0 Å². The molecule has 0 saturated heterocycles. The van der Waals surface area contributed by atoms with Crippen LogP contribution in [0, 0.1) is 5.92 Å². The highest BCUT2D eigenvalue weighted by atomic mass is 79.9. The van der Waals surface area contributed by atoms with Crippen LogP contribution in [0.3, 0.4) is 0 Å². The van der Waals surface area contributed by atoms with Crippen LogP contribution in [0.2, 0.25) is 0 Å². The van der Waals surface area contributed by atoms with Crippen molar-refractivity contribution in [3.63, 3.8) is 0 Å². The Balaban J connectivity index is 2.16. The van der Waals surface area contributed by atoms with Gasteiger partial charge < -0.3 is 5.32 Å². The molecule has 2 rings (SSSR count). The van der Waals surface area contributed by atoms with Crippen molar-refractivity contribution in [2.45, 2.75) is 31.7 Å². The standard InChI is InChI=1S/C11H16BrNS/c1-13-11(8-4-2-3-5-8)9-6-14-7-10(9)12/h6-8,11,13H,2-5H2,1H3. The Morgan fingerprint density at radius 2 is 2.14 bits per heavy atom. The first-order chi connectivity index (χ1) is 6.83. The van der Waals surface area contributed by atoms with Gasteiger partial charge in [-0.15, -0.1) is 0 Å². The summed E-state index contributed by atoms with van der Waals surface area (Å²) in [6.07, 6.45) is 5.58. The lowest BCUT2D eigenvalue weighted by molar-refractivity contribution is 0.390. The molecule has 0 aliphatic heterocycles. The predicted molar refractivity (Wildman–Crippen MR) is 65.8 cm³/mol. The van der Waals surface area contributed by atoms with E-state index in [0.717, 1.165) is 5.92 Å². The van der Waals surface area contributed by atoms with Crippen molar-refractivity contribution in [3.8, 4) is 0 Å². The van der Waals surface area contributed by atoms with Gasteiger partial charge in [0, 0.05) is 15.9 Å². The van der Waals surface area contributed by atoms with Crippen LogP contribution >= 0.6 is 27.3 Å². The van der Waals surface area contributed by atoms with Crippen molar-refractivity contribution in [1.82, 2.24) is 5.32 Å². The molecule has 0 amide bonds. The second-order valence-corrected chi connectivity index (χ2v) is 5.58. The predicted octanol–water partition coefficient (Wildman–Crippen LogP) is 3.96. The Hall–Kier alpha value is 0.140. The Labute approximate surface area is 98.0 Å². The fourth-order valence-electron chi connectivity index (χ4n) is 2.45. The molecule has 0 spiro atoms. The minimum absolute atomic E-state index is 0.554. The molecule has 0 aromatic carbocycles. The maximum atomic E-state index is 3.63. The summed E-state index contributed by atoms with van der Waals surface area (Å²) in [6.45, 7) is 0. The Bertz CT molecular complexity index is 291. The number of halogens is 1. The highest BCUT2D eigenvalue weighted by Gasteiger charge is 2.26. The molecule has 3 heteroatoms. The Kier molecular flexibility index (Phi) is 3.63. The highest BCUT2D eigenvalue weighted by molar-refractivity contribution is 9.10. The zero-order valence-corrected chi connectivity index (χ0v) is 10.8. The molecule has 1 aromatic heterocycles. The summed E-state index contributed by atoms with van der Waals surface area (Å²) in [6, 6.07) is 0.554. The molecule has 1 heterocycles. The van der Waals surface area contributed by atoms with Crippen LogP contribution < -0.4 is 5.32 Å². The lowest BCUT2D eigenvalue weighted by atomic mass is 9.94. The average Bonchev–Trinajstić information content (AvgIpc) is 2.80. The molecule has 1 aromatic rings. The molecule has 1 unspecified atom stereocenters. The molecule has 0 radical (unpaired) electrons. The van der Waals surface area contributed by atoms with Crippen molar-refractivity contribution in [2.24, 2.45) is 5.92 Å². The summed E-state index contributed by atoms with van der Waals surface area (Å²) in [5.41, 5.74) is 1.45. The first-order valence-electron chi connectivity index (χ1n) is 5.21. The van der Waals surface area contributed by atoms with Gasteiger partial charge in [-0.3, -0.25) is 0 Å². The van der Waals surface area contributed by atoms with Gasteiger partial charge in [-0.05, 0) is 52.7 Å². The minimum atomic E-state index is 0.554. The Morgan fingerprint density at radius 1 is 1.43 bits per heavy atom. The lowest BCUT2D eigenvalue weighted by Crippen LogP contribution is -2.23. The van der Waals surface area contributed by atoms with Gasteiger partial charge >= 0.3 is 0 Å². The molecule has 14 heavy (non-hydrogen) atoms. The van der Waals surface area contributed by atoms with Crippen LogP contribution in [0.15, 0.2) is 15.2 Å². The van der Waals surface area contributed by atoms with Crippen molar-refractivity contribution in [2.75, 3.05) is 7.05 Å². The molecule has 1 saturated carbocycles. The summed E-state index contributed by atoms with van der Waals surface area (Å²) in [5, 5.41) is 7.91. The summed E-state index contributed by atoms with van der Waals surface area (Å²) < 4.78 is 1.27. The summed E-state index contributed by atoms with van der Waals surface area (Å²) in [5.74, 6) is 0.839. The number of nitrogens with one attached hydrogen (secondary N) is 1. The fraction of sp³-hybridized carbons (Fsp3) is 0.636. The van der Waals surface area contributed by atoms with Gasteiger partial charge in [-0.1, -0.05) is 12.8 Å². The number of thiophene rings is 1. The second-order valence-electron chi connectivity index (χ2n) is 3.99. The lowest BCUT2D eigenvalue weighted by Gasteiger charge is -2.22. The number of rotatable bonds is 3. The summed E-state index contributed by atoms with van der Waals surface area (Å²) in [4.78, 5) is 0. The van der Waals surface area contributed by atoms with Crippen molar-refractivity contribution >= 4 is 27.3 Å². The van der Waals surface area contributed by atoms with Gasteiger partial charge in [0.1, 0.15) is 0 Å². The van der Waals surface area contributed by atoms with Crippen molar-refractivity contribution in [3.05, 3.63) is 20.8 Å². The van der Waals surface area contributed by atoms with Gasteiger partial charge in [0.2, 0.25) is 0 Å². The third-order valence-electron chi connectivity index (χ3n) is 3.16. The molecular formula is C11H16BrNS. The fourth-order valence-corrected chi connectivity index (χ4v) is 4.03. The molecule has 1 atom stereocenters. The second kappa shape index (κ2) is 4.77. The van der Waals surface area contributed by atoms with Crippen molar-refractivity contribution in [1.29, 1.82) is 0 Å². The van der Waals surface area contributed by atoms with Crippen LogP contribution in [-0.2, 0) is 0 Å². The van der Waals surface area contributed by atoms with E-state index in [0.29, 0.717) is 6.04 Å². The van der Waals surface area contributed by atoms with Crippen LogP contribution in [0.25, 0.3) is 0 Å². The zero-order chi connectivity index (χ0) is 9.97. The van der Waals surface area contributed by atoms with E-state index in [1.807, 2.05) is 0 Å². The van der Waals surface area contributed by atoms with Crippen LogP contribution in [-0.4, -0.2) is 7.05 Å². The molecule has 1 nitrogen and oxygen atoms in total. The van der Waals surface area contributed by atoms with E-state index in [4.69, 9.17) is 0 Å². The molecule has 78 valence electrons. The van der Waals surface area contributed by atoms with E-state index < -0.39 is 0 Å². The first-order valence-corrected chi connectivity index (χ1v) is 6.95. The average molecular weight is 274 g/mol. The number of hydrogen-bond donors (Lipinski definition) is 1. The van der Waals surface area contributed by atoms with Crippen molar-refractivity contribution < 1.29 is 0 Å². The third kappa shape index (κ3) is 2.05. The van der Waals surface area contributed by atoms with E-state index in [1.54, 1.807) is 11.3 Å². The SMILES string of the molecule is CNC(c1cscc1Br)C1CCCC1. The first kappa shape index (κ1) is 10.7.